The Kier molecular flexibility index (Phi) is 7.37. The third-order valence-corrected chi connectivity index (χ3v) is 4.53. The molecule has 1 aromatic heterocycles. The van der Waals surface area contributed by atoms with E-state index in [4.69, 9.17) is 17.3 Å². The molecule has 0 aliphatic heterocycles. The maximum atomic E-state index is 12.2. The van der Waals surface area contributed by atoms with E-state index in [0.29, 0.717) is 22.4 Å². The highest BCUT2D eigenvalue weighted by atomic mass is 35.5. The molecule has 0 aliphatic carbocycles. The van der Waals surface area contributed by atoms with Crippen molar-refractivity contribution in [2.24, 2.45) is 11.7 Å². The van der Waals surface area contributed by atoms with Crippen molar-refractivity contribution in [3.63, 3.8) is 0 Å². The smallest absolute Gasteiger partial charge is 0.263 e. The van der Waals surface area contributed by atoms with Crippen molar-refractivity contribution in [1.29, 1.82) is 0 Å². The number of hydrogen-bond acceptors (Lipinski definition) is 3. The Morgan fingerprint density at radius 1 is 1.58 bits per heavy atom. The first kappa shape index (κ1) is 18.7. The average molecular weight is 325 g/mol. The van der Waals surface area contributed by atoms with Crippen LogP contribution in [0, 0.1) is 12.8 Å². The first-order valence-electron chi connectivity index (χ1n) is 6.05. The fourth-order valence-electron chi connectivity index (χ4n) is 2.00. The van der Waals surface area contributed by atoms with Gasteiger partial charge in [-0.3, -0.25) is 4.79 Å². The van der Waals surface area contributed by atoms with E-state index < -0.39 is 0 Å². The van der Waals surface area contributed by atoms with Crippen molar-refractivity contribution in [2.75, 3.05) is 6.54 Å². The Bertz CT molecular complexity index is 434. The van der Waals surface area contributed by atoms with Crippen LogP contribution in [0.2, 0.25) is 5.02 Å². The van der Waals surface area contributed by atoms with Gasteiger partial charge in [-0.25, -0.2) is 0 Å². The molecule has 0 radical (unpaired) electrons. The van der Waals surface area contributed by atoms with Crippen molar-refractivity contribution in [1.82, 2.24) is 5.32 Å². The largest absolute Gasteiger partial charge is 0.345 e. The maximum Gasteiger partial charge on any atom is 0.263 e. The van der Waals surface area contributed by atoms with E-state index >= 15 is 0 Å². The van der Waals surface area contributed by atoms with E-state index in [1.54, 1.807) is 0 Å². The molecule has 1 atom stereocenters. The minimum absolute atomic E-state index is 0. The molecule has 3 N–H and O–H groups in total. The molecule has 1 amide bonds. The molecule has 0 saturated carbocycles. The van der Waals surface area contributed by atoms with Gasteiger partial charge in [0.2, 0.25) is 0 Å². The molecule has 0 saturated heterocycles. The zero-order valence-corrected chi connectivity index (χ0v) is 14.1. The Labute approximate surface area is 130 Å². The SMILES string of the molecule is Cc1csc(C(=O)NC(C)(CN)CC(C)C)c1Cl.Cl. The number of nitrogens with one attached hydrogen (secondary N) is 1. The fourth-order valence-corrected chi connectivity index (χ4v) is 3.17. The molecule has 1 aromatic rings. The maximum absolute atomic E-state index is 12.2. The molecule has 0 aromatic carbocycles. The van der Waals surface area contributed by atoms with E-state index in [9.17, 15) is 4.79 Å². The zero-order chi connectivity index (χ0) is 13.9. The molecule has 3 nitrogen and oxygen atoms in total. The second kappa shape index (κ2) is 7.48. The Hall–Kier alpha value is -0.290. The molecular weight excluding hydrogens is 303 g/mol. The van der Waals surface area contributed by atoms with Gasteiger partial charge in [0.1, 0.15) is 4.88 Å². The fraction of sp³-hybridized carbons (Fsp3) is 0.615. The summed E-state index contributed by atoms with van der Waals surface area (Å²) in [6, 6.07) is 0. The summed E-state index contributed by atoms with van der Waals surface area (Å²) in [5, 5.41) is 5.44. The van der Waals surface area contributed by atoms with E-state index in [0.717, 1.165) is 12.0 Å². The van der Waals surface area contributed by atoms with Gasteiger partial charge in [-0.2, -0.15) is 0 Å². The summed E-state index contributed by atoms with van der Waals surface area (Å²) < 4.78 is 0. The van der Waals surface area contributed by atoms with Crippen molar-refractivity contribution in [2.45, 2.75) is 39.7 Å². The Morgan fingerprint density at radius 3 is 2.53 bits per heavy atom. The number of hydrogen-bond donors (Lipinski definition) is 2. The Morgan fingerprint density at radius 2 is 2.16 bits per heavy atom. The first-order valence-corrected chi connectivity index (χ1v) is 7.31. The van der Waals surface area contributed by atoms with Crippen LogP contribution in [-0.2, 0) is 0 Å². The lowest BCUT2D eigenvalue weighted by Gasteiger charge is -2.31. The van der Waals surface area contributed by atoms with Crippen LogP contribution >= 0.6 is 35.3 Å². The molecule has 0 bridgehead atoms. The second-order valence-electron chi connectivity index (χ2n) is 5.38. The van der Waals surface area contributed by atoms with E-state index in [-0.39, 0.29) is 23.9 Å². The number of halogens is 2. The van der Waals surface area contributed by atoms with E-state index in [1.807, 2.05) is 19.2 Å². The normalized spacial score (nSPS) is 13.8. The minimum atomic E-state index is -0.382. The van der Waals surface area contributed by atoms with Gasteiger partial charge in [-0.15, -0.1) is 23.7 Å². The van der Waals surface area contributed by atoms with Crippen LogP contribution < -0.4 is 11.1 Å². The highest BCUT2D eigenvalue weighted by Gasteiger charge is 2.27. The second-order valence-corrected chi connectivity index (χ2v) is 6.64. The number of nitrogens with two attached hydrogens (primary N) is 1. The highest BCUT2D eigenvalue weighted by Crippen LogP contribution is 2.28. The quantitative estimate of drug-likeness (QED) is 0.869. The minimum Gasteiger partial charge on any atom is -0.345 e. The van der Waals surface area contributed by atoms with Gasteiger partial charge in [0.05, 0.1) is 10.6 Å². The lowest BCUT2D eigenvalue weighted by molar-refractivity contribution is 0.0902. The zero-order valence-electron chi connectivity index (χ0n) is 11.7. The summed E-state index contributed by atoms with van der Waals surface area (Å²) >= 11 is 7.47. The molecule has 0 fully saturated rings. The van der Waals surface area contributed by atoms with Gasteiger partial charge in [0, 0.05) is 6.54 Å². The van der Waals surface area contributed by atoms with Crippen LogP contribution in [0.15, 0.2) is 5.38 Å². The lowest BCUT2D eigenvalue weighted by atomic mass is 9.90. The third kappa shape index (κ3) is 4.95. The molecule has 19 heavy (non-hydrogen) atoms. The van der Waals surface area contributed by atoms with Crippen LogP contribution in [0.4, 0.5) is 0 Å². The van der Waals surface area contributed by atoms with Gasteiger partial charge in [0.25, 0.3) is 5.91 Å². The lowest BCUT2D eigenvalue weighted by Crippen LogP contribution is -2.52. The predicted molar refractivity (Wildman–Crippen MR) is 85.7 cm³/mol. The monoisotopic (exact) mass is 324 g/mol. The molecule has 0 aliphatic rings. The number of thiophene rings is 1. The number of carbonyl (C=O) groups excluding carboxylic acids is 1. The summed E-state index contributed by atoms with van der Waals surface area (Å²) in [6.07, 6.45) is 0.844. The third-order valence-electron chi connectivity index (χ3n) is 2.83. The molecule has 1 unspecified atom stereocenters. The molecule has 110 valence electrons. The van der Waals surface area contributed by atoms with Crippen LogP contribution in [0.5, 0.6) is 0 Å². The first-order chi connectivity index (χ1) is 8.29. The standard InChI is InChI=1S/C13H21ClN2OS.ClH/c1-8(2)5-13(4,7-15)16-12(17)11-10(14)9(3)6-18-11;/h6,8H,5,7,15H2,1-4H3,(H,16,17);1H. The van der Waals surface area contributed by atoms with Gasteiger partial charge in [-0.05, 0) is 37.1 Å². The topological polar surface area (TPSA) is 55.1 Å². The van der Waals surface area contributed by atoms with Crippen molar-refractivity contribution < 1.29 is 4.79 Å². The molecule has 6 heteroatoms. The van der Waals surface area contributed by atoms with Gasteiger partial charge < -0.3 is 11.1 Å². The molecule has 1 rings (SSSR count). The number of carbonyl (C=O) groups is 1. The van der Waals surface area contributed by atoms with E-state index in [1.165, 1.54) is 11.3 Å². The number of rotatable bonds is 5. The average Bonchev–Trinajstić information content (AvgIpc) is 2.58. The summed E-state index contributed by atoms with van der Waals surface area (Å²) in [5.74, 6) is 0.339. The van der Waals surface area contributed by atoms with Crippen molar-refractivity contribution in [3.8, 4) is 0 Å². The Balaban J connectivity index is 0.00000324. The van der Waals surface area contributed by atoms with Gasteiger partial charge in [0.15, 0.2) is 0 Å². The van der Waals surface area contributed by atoms with Gasteiger partial charge >= 0.3 is 0 Å². The van der Waals surface area contributed by atoms with Crippen molar-refractivity contribution in [3.05, 3.63) is 20.8 Å². The molecule has 0 spiro atoms. The number of amides is 1. The molecular formula is C13H22Cl2N2OS. The van der Waals surface area contributed by atoms with Crippen molar-refractivity contribution >= 4 is 41.3 Å². The molecule has 1 heterocycles. The van der Waals surface area contributed by atoms with Gasteiger partial charge in [-0.1, -0.05) is 25.4 Å². The van der Waals surface area contributed by atoms with Crippen LogP contribution in [0.25, 0.3) is 0 Å². The highest BCUT2D eigenvalue weighted by molar-refractivity contribution is 7.13. The summed E-state index contributed by atoms with van der Waals surface area (Å²) in [6.45, 7) is 8.51. The summed E-state index contributed by atoms with van der Waals surface area (Å²) in [5.41, 5.74) is 6.33. The summed E-state index contributed by atoms with van der Waals surface area (Å²) in [7, 11) is 0. The number of aryl methyl sites for hydroxylation is 1. The van der Waals surface area contributed by atoms with Crippen LogP contribution in [0.1, 0.15) is 42.4 Å². The summed E-state index contributed by atoms with van der Waals surface area (Å²) in [4.78, 5) is 12.8. The van der Waals surface area contributed by atoms with Crippen LogP contribution in [0.3, 0.4) is 0 Å². The predicted octanol–water partition coefficient (Wildman–Crippen LogP) is 3.63. The van der Waals surface area contributed by atoms with E-state index in [2.05, 4.69) is 19.2 Å². The van der Waals surface area contributed by atoms with Crippen LogP contribution in [-0.4, -0.2) is 18.0 Å².